The van der Waals surface area contributed by atoms with Crippen molar-refractivity contribution in [2.75, 3.05) is 11.9 Å². The molecular formula is C14H20ClN5O2. The van der Waals surface area contributed by atoms with Crippen molar-refractivity contribution in [1.29, 1.82) is 0 Å². The largest absolute Gasteiger partial charge is 0.490 e. The average Bonchev–Trinajstić information content (AvgIpc) is 2.85. The highest BCUT2D eigenvalue weighted by Gasteiger charge is 2.13. The maximum atomic E-state index is 6.33. The molecule has 7 nitrogen and oxygen atoms in total. The van der Waals surface area contributed by atoms with E-state index >= 15 is 0 Å². The zero-order chi connectivity index (χ0) is 16.1. The Morgan fingerprint density at radius 2 is 2.09 bits per heavy atom. The molecule has 2 aromatic rings. The molecule has 1 heterocycles. The van der Waals surface area contributed by atoms with Crippen LogP contribution in [0, 0.1) is 0 Å². The van der Waals surface area contributed by atoms with E-state index in [1.807, 2.05) is 26.8 Å². The Morgan fingerprint density at radius 1 is 1.32 bits per heavy atom. The lowest BCUT2D eigenvalue weighted by Gasteiger charge is -2.17. The molecule has 1 aromatic heterocycles. The molecule has 0 saturated heterocycles. The Labute approximate surface area is 134 Å². The first-order chi connectivity index (χ1) is 10.5. The first-order valence-corrected chi connectivity index (χ1v) is 7.47. The Hall–Kier alpha value is -2.02. The number of aryl methyl sites for hydroxylation is 1. The zero-order valence-corrected chi connectivity index (χ0v) is 13.9. The fourth-order valence-corrected chi connectivity index (χ4v) is 2.10. The van der Waals surface area contributed by atoms with Gasteiger partial charge in [0.1, 0.15) is 0 Å². The number of hydrogen-bond acceptors (Lipinski definition) is 6. The van der Waals surface area contributed by atoms with Crippen LogP contribution in [0.25, 0.3) is 0 Å². The number of hydrogen-bond donors (Lipinski definition) is 1. The van der Waals surface area contributed by atoms with E-state index in [-0.39, 0.29) is 6.10 Å². The molecule has 0 spiro atoms. The molecule has 0 aliphatic heterocycles. The van der Waals surface area contributed by atoms with Gasteiger partial charge in [0.2, 0.25) is 5.95 Å². The summed E-state index contributed by atoms with van der Waals surface area (Å²) in [7, 11) is 1.76. The van der Waals surface area contributed by atoms with Gasteiger partial charge in [-0.25, -0.2) is 4.68 Å². The third kappa shape index (κ3) is 4.00. The lowest BCUT2D eigenvalue weighted by molar-refractivity contribution is 0.224. The number of halogens is 1. The quantitative estimate of drug-likeness (QED) is 0.843. The van der Waals surface area contributed by atoms with E-state index in [2.05, 4.69) is 20.8 Å². The summed E-state index contributed by atoms with van der Waals surface area (Å²) in [5.41, 5.74) is 0.879. The molecule has 120 valence electrons. The Bertz CT molecular complexity index is 630. The molecule has 0 aliphatic carbocycles. The first kappa shape index (κ1) is 16.4. The minimum absolute atomic E-state index is 0.0453. The van der Waals surface area contributed by atoms with Crippen molar-refractivity contribution in [2.24, 2.45) is 7.05 Å². The SMILES string of the molecule is CCOc1cc(CNc2nnnn2C)c(Cl)cc1OC(C)C. The second kappa shape index (κ2) is 7.31. The van der Waals surface area contributed by atoms with Crippen molar-refractivity contribution in [3.8, 4) is 11.5 Å². The van der Waals surface area contributed by atoms with Gasteiger partial charge in [-0.2, -0.15) is 0 Å². The predicted molar refractivity (Wildman–Crippen MR) is 84.5 cm³/mol. The maximum Gasteiger partial charge on any atom is 0.242 e. The number of rotatable bonds is 7. The van der Waals surface area contributed by atoms with Gasteiger partial charge in [0.25, 0.3) is 0 Å². The van der Waals surface area contributed by atoms with Crippen molar-refractivity contribution in [3.05, 3.63) is 22.7 Å². The molecule has 1 aromatic carbocycles. The normalized spacial score (nSPS) is 10.8. The summed E-state index contributed by atoms with van der Waals surface area (Å²) in [5.74, 6) is 1.89. The standard InChI is InChI=1S/C14H20ClN5O2/c1-5-21-12-6-10(8-16-14-17-18-19-20(14)4)11(15)7-13(12)22-9(2)3/h6-7,9H,5,8H2,1-4H3,(H,16,17,19). The van der Waals surface area contributed by atoms with Crippen LogP contribution in [-0.2, 0) is 13.6 Å². The highest BCUT2D eigenvalue weighted by atomic mass is 35.5. The van der Waals surface area contributed by atoms with Crippen LogP contribution in [0.5, 0.6) is 11.5 Å². The lowest BCUT2D eigenvalue weighted by Crippen LogP contribution is -2.09. The third-order valence-electron chi connectivity index (χ3n) is 2.83. The predicted octanol–water partition coefficient (Wildman–Crippen LogP) is 2.66. The van der Waals surface area contributed by atoms with Crippen LogP contribution < -0.4 is 14.8 Å². The summed E-state index contributed by atoms with van der Waals surface area (Å²) in [4.78, 5) is 0. The number of aromatic nitrogens is 4. The number of nitrogens with zero attached hydrogens (tertiary/aromatic N) is 4. The van der Waals surface area contributed by atoms with Gasteiger partial charge < -0.3 is 14.8 Å². The van der Waals surface area contributed by atoms with E-state index in [1.54, 1.807) is 17.8 Å². The minimum Gasteiger partial charge on any atom is -0.490 e. The van der Waals surface area contributed by atoms with Gasteiger partial charge in [-0.15, -0.1) is 0 Å². The highest BCUT2D eigenvalue weighted by Crippen LogP contribution is 2.34. The van der Waals surface area contributed by atoms with E-state index < -0.39 is 0 Å². The van der Waals surface area contributed by atoms with E-state index in [9.17, 15) is 0 Å². The molecule has 0 bridgehead atoms. The monoisotopic (exact) mass is 325 g/mol. The number of nitrogens with one attached hydrogen (secondary N) is 1. The summed E-state index contributed by atoms with van der Waals surface area (Å²) in [6.07, 6.45) is 0.0453. The fourth-order valence-electron chi connectivity index (χ4n) is 1.88. The molecule has 0 atom stereocenters. The molecule has 22 heavy (non-hydrogen) atoms. The molecule has 2 rings (SSSR count). The second-order valence-corrected chi connectivity index (χ2v) is 5.38. The smallest absolute Gasteiger partial charge is 0.242 e. The van der Waals surface area contributed by atoms with Gasteiger partial charge in [0, 0.05) is 24.7 Å². The van der Waals surface area contributed by atoms with Crippen LogP contribution in [-0.4, -0.2) is 32.9 Å². The van der Waals surface area contributed by atoms with Crippen LogP contribution in [0.2, 0.25) is 5.02 Å². The maximum absolute atomic E-state index is 6.33. The molecule has 0 radical (unpaired) electrons. The highest BCUT2D eigenvalue weighted by molar-refractivity contribution is 6.31. The molecule has 0 fully saturated rings. The Kier molecular flexibility index (Phi) is 5.43. The zero-order valence-electron chi connectivity index (χ0n) is 13.1. The van der Waals surface area contributed by atoms with Crippen LogP contribution in [0.1, 0.15) is 26.3 Å². The summed E-state index contributed by atoms with van der Waals surface area (Å²) in [5, 5.41) is 14.9. The number of ether oxygens (including phenoxy) is 2. The topological polar surface area (TPSA) is 74.1 Å². The molecule has 0 unspecified atom stereocenters. The lowest BCUT2D eigenvalue weighted by atomic mass is 10.2. The molecule has 0 amide bonds. The summed E-state index contributed by atoms with van der Waals surface area (Å²) < 4.78 is 12.9. The number of anilines is 1. The van der Waals surface area contributed by atoms with Gasteiger partial charge in [0.15, 0.2) is 11.5 Å². The minimum atomic E-state index is 0.0453. The van der Waals surface area contributed by atoms with E-state index in [1.165, 1.54) is 0 Å². The number of tetrazole rings is 1. The molecule has 0 saturated carbocycles. The average molecular weight is 326 g/mol. The van der Waals surface area contributed by atoms with Crippen molar-refractivity contribution < 1.29 is 9.47 Å². The fraction of sp³-hybridized carbons (Fsp3) is 0.500. The van der Waals surface area contributed by atoms with Crippen molar-refractivity contribution in [2.45, 2.75) is 33.4 Å². The molecular weight excluding hydrogens is 306 g/mol. The van der Waals surface area contributed by atoms with Crippen LogP contribution in [0.4, 0.5) is 5.95 Å². The van der Waals surface area contributed by atoms with Crippen molar-refractivity contribution >= 4 is 17.5 Å². The third-order valence-corrected chi connectivity index (χ3v) is 3.18. The summed E-state index contributed by atoms with van der Waals surface area (Å²) >= 11 is 6.33. The van der Waals surface area contributed by atoms with Gasteiger partial charge in [-0.1, -0.05) is 16.7 Å². The van der Waals surface area contributed by atoms with Gasteiger partial charge in [0.05, 0.1) is 12.7 Å². The van der Waals surface area contributed by atoms with Crippen LogP contribution in [0.15, 0.2) is 12.1 Å². The van der Waals surface area contributed by atoms with E-state index in [4.69, 9.17) is 21.1 Å². The summed E-state index contributed by atoms with van der Waals surface area (Å²) in [6.45, 7) is 6.88. The van der Waals surface area contributed by atoms with Gasteiger partial charge in [-0.05, 0) is 42.8 Å². The van der Waals surface area contributed by atoms with Crippen molar-refractivity contribution in [1.82, 2.24) is 20.2 Å². The summed E-state index contributed by atoms with van der Waals surface area (Å²) in [6, 6.07) is 3.65. The Balaban J connectivity index is 2.20. The van der Waals surface area contributed by atoms with Gasteiger partial charge >= 0.3 is 0 Å². The van der Waals surface area contributed by atoms with E-state index in [0.29, 0.717) is 35.6 Å². The van der Waals surface area contributed by atoms with Crippen LogP contribution >= 0.6 is 11.6 Å². The van der Waals surface area contributed by atoms with Crippen LogP contribution in [0.3, 0.4) is 0 Å². The van der Waals surface area contributed by atoms with Gasteiger partial charge in [-0.3, -0.25) is 0 Å². The Morgan fingerprint density at radius 3 is 2.68 bits per heavy atom. The molecule has 1 N–H and O–H groups in total. The molecule has 8 heteroatoms. The molecule has 0 aliphatic rings. The number of benzene rings is 1. The second-order valence-electron chi connectivity index (χ2n) is 4.97. The van der Waals surface area contributed by atoms with E-state index in [0.717, 1.165) is 5.56 Å². The first-order valence-electron chi connectivity index (χ1n) is 7.09. The van der Waals surface area contributed by atoms with Crippen molar-refractivity contribution in [3.63, 3.8) is 0 Å².